The van der Waals surface area contributed by atoms with Crippen molar-refractivity contribution in [3.63, 3.8) is 0 Å². The predicted octanol–water partition coefficient (Wildman–Crippen LogP) is 13.8. The maximum Gasteiger partial charge on any atom is 0.220 e. The molecular formula is C72H125NO13. The Kier molecular flexibility index (Phi) is 51.4. The number of rotatable bonds is 55. The highest BCUT2D eigenvalue weighted by atomic mass is 16.7. The molecule has 0 aliphatic carbocycles. The average Bonchev–Trinajstić information content (AvgIpc) is 2.63. The molecule has 0 radical (unpaired) electrons. The Balaban J connectivity index is 1.67. The first kappa shape index (κ1) is 79.0. The second-order valence-electron chi connectivity index (χ2n) is 23.9. The van der Waals surface area contributed by atoms with E-state index in [2.05, 4.69) is 104 Å². The fourth-order valence-electron chi connectivity index (χ4n) is 10.8. The standard InChI is InChI=1S/C72H125NO13/c1-3-5-7-9-11-13-15-17-19-21-23-24-25-26-27-28-29-30-31-32-33-34-35-36-38-40-42-44-46-48-50-52-54-56-64(77)73-60(61(76)55-53-51-49-47-45-43-41-39-37-22-20-18-16-14-12-10-8-6-4-2)59-83-71-69(82)67(80)70(63(58-75)85-71)86-72-68(81)66(79)65(78)62(57-74)84-72/h5,7,11,13,17,19,23-24,26-27,37,39,45,47,53,55,60-63,65-72,74-76,78-82H,3-4,6,8-10,12,14-16,18,20-22,25,28-36,38,40-44,46,48-52,54,56-59H2,1-2H3,(H,73,77)/b7-5-,13-11-,19-17-,24-23-,27-26-,39-37+,47-45+,55-53+. The largest absolute Gasteiger partial charge is 0.394 e. The zero-order valence-electron chi connectivity index (χ0n) is 53.8. The summed E-state index contributed by atoms with van der Waals surface area (Å²) in [6.45, 7) is 2.67. The third-order valence-electron chi connectivity index (χ3n) is 16.2. The molecule has 2 heterocycles. The van der Waals surface area contributed by atoms with E-state index < -0.39 is 86.8 Å². The minimum absolute atomic E-state index is 0.254. The van der Waals surface area contributed by atoms with Gasteiger partial charge in [0.15, 0.2) is 12.6 Å². The van der Waals surface area contributed by atoms with Crippen LogP contribution in [0.15, 0.2) is 97.2 Å². The SMILES string of the molecule is CC/C=C\C/C=C\C/C=C\C/C=C\C/C=C\CCCCCCCCCCCCCCCCCCCC(=O)NC(COC1OC(CO)C(OC2OC(CO)C(O)C(O)C2O)C(O)C1O)C(O)/C=C/CC/C=C/CC/C=C/CCCCCCCCCCC. The van der Waals surface area contributed by atoms with Crippen molar-refractivity contribution in [1.82, 2.24) is 5.32 Å². The van der Waals surface area contributed by atoms with Crippen molar-refractivity contribution in [3.8, 4) is 0 Å². The number of ether oxygens (including phenoxy) is 4. The molecule has 14 nitrogen and oxygen atoms in total. The molecule has 0 aromatic heterocycles. The molecule has 86 heavy (non-hydrogen) atoms. The average molecular weight is 1210 g/mol. The number of aliphatic hydroxyl groups excluding tert-OH is 8. The van der Waals surface area contributed by atoms with Crippen molar-refractivity contribution in [3.05, 3.63) is 97.2 Å². The van der Waals surface area contributed by atoms with Crippen LogP contribution in [0.2, 0.25) is 0 Å². The second kappa shape index (κ2) is 55.9. The van der Waals surface area contributed by atoms with Gasteiger partial charge >= 0.3 is 0 Å². The van der Waals surface area contributed by atoms with Crippen LogP contribution in [-0.4, -0.2) is 140 Å². The van der Waals surface area contributed by atoms with E-state index in [1.54, 1.807) is 6.08 Å². The minimum Gasteiger partial charge on any atom is -0.394 e. The number of unbranched alkanes of at least 4 members (excludes halogenated alkanes) is 28. The number of amides is 1. The first-order valence-electron chi connectivity index (χ1n) is 34.5. The van der Waals surface area contributed by atoms with Gasteiger partial charge in [0.25, 0.3) is 0 Å². The molecule has 2 fully saturated rings. The summed E-state index contributed by atoms with van der Waals surface area (Å²) >= 11 is 0. The number of hydrogen-bond acceptors (Lipinski definition) is 13. The Bertz CT molecular complexity index is 1810. The maximum atomic E-state index is 13.3. The van der Waals surface area contributed by atoms with Gasteiger partial charge in [-0.2, -0.15) is 0 Å². The van der Waals surface area contributed by atoms with E-state index in [0.29, 0.717) is 12.8 Å². The molecule has 0 aromatic carbocycles. The van der Waals surface area contributed by atoms with Crippen LogP contribution < -0.4 is 5.32 Å². The molecular weight excluding hydrogens is 1090 g/mol. The van der Waals surface area contributed by atoms with Gasteiger partial charge in [0.1, 0.15) is 48.8 Å². The normalized spacial score (nSPS) is 24.0. The lowest BCUT2D eigenvalue weighted by Crippen LogP contribution is -2.65. The van der Waals surface area contributed by atoms with Crippen LogP contribution in [0.25, 0.3) is 0 Å². The topological polar surface area (TPSA) is 228 Å². The maximum absolute atomic E-state index is 13.3. The third-order valence-corrected chi connectivity index (χ3v) is 16.2. The van der Waals surface area contributed by atoms with Gasteiger partial charge in [0.05, 0.1) is 32.0 Å². The van der Waals surface area contributed by atoms with E-state index >= 15 is 0 Å². The summed E-state index contributed by atoms with van der Waals surface area (Å²) in [5.41, 5.74) is 0. The van der Waals surface area contributed by atoms with Crippen molar-refractivity contribution in [2.45, 2.75) is 331 Å². The molecule has 12 unspecified atom stereocenters. The van der Waals surface area contributed by atoms with Gasteiger partial charge in [-0.1, -0.05) is 259 Å². The van der Waals surface area contributed by atoms with E-state index in [4.69, 9.17) is 18.9 Å². The van der Waals surface area contributed by atoms with Crippen LogP contribution in [0.5, 0.6) is 0 Å². The summed E-state index contributed by atoms with van der Waals surface area (Å²) < 4.78 is 22.8. The molecule has 0 aromatic rings. The lowest BCUT2D eigenvalue weighted by atomic mass is 9.97. The quantitative estimate of drug-likeness (QED) is 0.0204. The number of nitrogens with one attached hydrogen (secondary N) is 1. The highest BCUT2D eigenvalue weighted by molar-refractivity contribution is 5.76. The van der Waals surface area contributed by atoms with E-state index in [9.17, 15) is 45.6 Å². The molecule has 0 spiro atoms. The van der Waals surface area contributed by atoms with E-state index in [0.717, 1.165) is 77.0 Å². The van der Waals surface area contributed by atoms with Gasteiger partial charge in [-0.25, -0.2) is 0 Å². The lowest BCUT2D eigenvalue weighted by molar-refractivity contribution is -0.359. The summed E-state index contributed by atoms with van der Waals surface area (Å²) in [6.07, 6.45) is 61.7. The zero-order chi connectivity index (χ0) is 62.3. The fourth-order valence-corrected chi connectivity index (χ4v) is 10.8. The van der Waals surface area contributed by atoms with Crippen molar-refractivity contribution in [2.75, 3.05) is 19.8 Å². The molecule has 2 rings (SSSR count). The summed E-state index contributed by atoms with van der Waals surface area (Å²) in [6, 6.07) is -0.943. The number of allylic oxidation sites excluding steroid dienone is 15. The predicted molar refractivity (Wildman–Crippen MR) is 350 cm³/mol. The van der Waals surface area contributed by atoms with Gasteiger partial charge in [0.2, 0.25) is 5.91 Å². The lowest BCUT2D eigenvalue weighted by Gasteiger charge is -2.46. The Morgan fingerprint density at radius 1 is 0.430 bits per heavy atom. The molecule has 14 heteroatoms. The number of aliphatic hydroxyl groups is 8. The van der Waals surface area contributed by atoms with Gasteiger partial charge < -0.3 is 65.1 Å². The van der Waals surface area contributed by atoms with Gasteiger partial charge in [-0.3, -0.25) is 4.79 Å². The first-order chi connectivity index (χ1) is 42.1. The van der Waals surface area contributed by atoms with E-state index in [-0.39, 0.29) is 18.9 Å². The van der Waals surface area contributed by atoms with Gasteiger partial charge in [-0.15, -0.1) is 0 Å². The Morgan fingerprint density at radius 3 is 1.28 bits per heavy atom. The number of carbonyl (C=O) groups excluding carboxylic acids is 1. The second-order valence-corrected chi connectivity index (χ2v) is 23.9. The summed E-state index contributed by atoms with van der Waals surface area (Å²) in [5, 5.41) is 87.3. The molecule has 9 N–H and O–H groups in total. The minimum atomic E-state index is -1.80. The summed E-state index contributed by atoms with van der Waals surface area (Å²) in [7, 11) is 0. The van der Waals surface area contributed by atoms with Crippen LogP contribution in [0.3, 0.4) is 0 Å². The van der Waals surface area contributed by atoms with Crippen LogP contribution in [0, 0.1) is 0 Å². The van der Waals surface area contributed by atoms with Crippen LogP contribution in [0.1, 0.15) is 258 Å². The molecule has 12 atom stereocenters. The Morgan fingerprint density at radius 2 is 0.814 bits per heavy atom. The molecule has 1 amide bonds. The smallest absolute Gasteiger partial charge is 0.220 e. The van der Waals surface area contributed by atoms with Crippen molar-refractivity contribution < 1.29 is 64.6 Å². The number of carbonyl (C=O) groups is 1. The third kappa shape index (κ3) is 39.8. The highest BCUT2D eigenvalue weighted by Crippen LogP contribution is 2.30. The highest BCUT2D eigenvalue weighted by Gasteiger charge is 2.51. The van der Waals surface area contributed by atoms with Crippen molar-refractivity contribution in [2.24, 2.45) is 0 Å². The molecule has 2 aliphatic heterocycles. The van der Waals surface area contributed by atoms with Crippen LogP contribution in [-0.2, 0) is 23.7 Å². The molecule has 2 aliphatic rings. The molecule has 0 bridgehead atoms. The number of hydrogen-bond donors (Lipinski definition) is 9. The monoisotopic (exact) mass is 1210 g/mol. The van der Waals surface area contributed by atoms with Gasteiger partial charge in [-0.05, 0) is 89.9 Å². The van der Waals surface area contributed by atoms with Gasteiger partial charge in [0, 0.05) is 6.42 Å². The molecule has 496 valence electrons. The Hall–Kier alpha value is -3.09. The first-order valence-corrected chi connectivity index (χ1v) is 34.5. The van der Waals surface area contributed by atoms with Crippen LogP contribution in [0.4, 0.5) is 0 Å². The van der Waals surface area contributed by atoms with E-state index in [1.807, 2.05) is 6.08 Å². The Labute approximate surface area is 522 Å². The van der Waals surface area contributed by atoms with E-state index in [1.165, 1.54) is 148 Å². The summed E-state index contributed by atoms with van der Waals surface area (Å²) in [5.74, 6) is -0.254. The summed E-state index contributed by atoms with van der Waals surface area (Å²) in [4.78, 5) is 13.3. The van der Waals surface area contributed by atoms with Crippen LogP contribution >= 0.6 is 0 Å². The fraction of sp³-hybridized carbons (Fsp3) is 0.764. The molecule has 2 saturated heterocycles. The van der Waals surface area contributed by atoms with Crippen molar-refractivity contribution in [1.29, 1.82) is 0 Å². The van der Waals surface area contributed by atoms with Crippen molar-refractivity contribution >= 4 is 5.91 Å². The zero-order valence-corrected chi connectivity index (χ0v) is 53.8. The molecule has 0 saturated carbocycles.